The molecule has 0 spiro atoms. The predicted molar refractivity (Wildman–Crippen MR) is 71.1 cm³/mol. The second kappa shape index (κ2) is 5.70. The van der Waals surface area contributed by atoms with Crippen LogP contribution in [-0.2, 0) is 4.79 Å². The van der Waals surface area contributed by atoms with Crippen LogP contribution in [0.1, 0.15) is 13.8 Å². The number of rotatable bonds is 5. The molecule has 1 atom stereocenters. The van der Waals surface area contributed by atoms with Crippen molar-refractivity contribution in [1.29, 1.82) is 0 Å². The molecule has 2 rings (SSSR count). The van der Waals surface area contributed by atoms with Crippen LogP contribution in [0.2, 0.25) is 0 Å². The minimum atomic E-state index is -0.596. The molecule has 0 fully saturated rings. The number of carbonyl (C=O) groups is 1. The molecule has 7 heteroatoms. The van der Waals surface area contributed by atoms with Crippen LogP contribution in [0, 0.1) is 0 Å². The Morgan fingerprint density at radius 3 is 2.95 bits per heavy atom. The van der Waals surface area contributed by atoms with Crippen molar-refractivity contribution >= 4 is 17.0 Å². The Balaban J connectivity index is 2.29. The van der Waals surface area contributed by atoms with Gasteiger partial charge in [0, 0.05) is 5.57 Å². The lowest BCUT2D eigenvalue weighted by Gasteiger charge is -2.08. The fraction of sp³-hybridized carbons (Fsp3) is 0.308. The lowest BCUT2D eigenvalue weighted by atomic mass is 10.3. The lowest BCUT2D eigenvalue weighted by molar-refractivity contribution is -0.140. The van der Waals surface area contributed by atoms with Crippen molar-refractivity contribution in [1.82, 2.24) is 15.2 Å². The van der Waals surface area contributed by atoms with Gasteiger partial charge in [0.15, 0.2) is 5.52 Å². The van der Waals surface area contributed by atoms with Crippen LogP contribution < -0.4 is 9.57 Å². The molecular formula is C13H15N3O4. The van der Waals surface area contributed by atoms with Crippen LogP contribution in [0.5, 0.6) is 5.75 Å². The van der Waals surface area contributed by atoms with Gasteiger partial charge in [-0.25, -0.2) is 4.79 Å². The Labute approximate surface area is 115 Å². The molecule has 106 valence electrons. The average molecular weight is 277 g/mol. The van der Waals surface area contributed by atoms with Crippen molar-refractivity contribution in [3.63, 3.8) is 0 Å². The highest BCUT2D eigenvalue weighted by atomic mass is 16.7. The monoisotopic (exact) mass is 277 g/mol. The summed E-state index contributed by atoms with van der Waals surface area (Å²) in [6, 6.07) is 5.11. The number of aromatic nitrogens is 3. The van der Waals surface area contributed by atoms with E-state index in [0.717, 1.165) is 4.85 Å². The molecule has 1 aromatic heterocycles. The summed E-state index contributed by atoms with van der Waals surface area (Å²) in [5.41, 5.74) is 1.19. The third-order valence-corrected chi connectivity index (χ3v) is 2.41. The van der Waals surface area contributed by atoms with Crippen molar-refractivity contribution < 1.29 is 19.5 Å². The van der Waals surface area contributed by atoms with E-state index in [9.17, 15) is 9.90 Å². The van der Waals surface area contributed by atoms with Crippen molar-refractivity contribution in [3.05, 3.63) is 30.4 Å². The highest BCUT2D eigenvalue weighted by molar-refractivity contribution is 5.88. The number of aliphatic hydroxyl groups excluding tert-OH is 1. The van der Waals surface area contributed by atoms with Crippen molar-refractivity contribution in [3.8, 4) is 5.75 Å². The SMILES string of the molecule is C=C(C)C(=O)On1nnc2c(OCC(C)O)cccc21. The standard InChI is InChI=1S/C13H15N3O4/c1-8(2)13(18)20-16-10-5-4-6-11(12(10)14-15-16)19-7-9(3)17/h4-6,9,17H,1,7H2,2-3H3. The fourth-order valence-corrected chi connectivity index (χ4v) is 1.45. The van der Waals surface area contributed by atoms with Crippen LogP contribution in [0.4, 0.5) is 0 Å². The molecule has 0 aliphatic rings. The topological polar surface area (TPSA) is 86.5 Å². The van der Waals surface area contributed by atoms with Crippen molar-refractivity contribution in [2.75, 3.05) is 6.61 Å². The third kappa shape index (κ3) is 2.94. The first-order valence-electron chi connectivity index (χ1n) is 6.02. The molecular weight excluding hydrogens is 262 g/mol. The first kappa shape index (κ1) is 14.0. The summed E-state index contributed by atoms with van der Waals surface area (Å²) >= 11 is 0. The summed E-state index contributed by atoms with van der Waals surface area (Å²) in [5.74, 6) is -0.131. The van der Waals surface area contributed by atoms with E-state index >= 15 is 0 Å². The van der Waals surface area contributed by atoms with Gasteiger partial charge in [-0.2, -0.15) is 0 Å². The Bertz CT molecular complexity index is 648. The number of carbonyl (C=O) groups excluding carboxylic acids is 1. The molecule has 1 N–H and O–H groups in total. The summed E-state index contributed by atoms with van der Waals surface area (Å²) in [6.45, 7) is 6.79. The van der Waals surface area contributed by atoms with Gasteiger partial charge in [-0.1, -0.05) is 17.5 Å². The van der Waals surface area contributed by atoms with Crippen LogP contribution in [0.3, 0.4) is 0 Å². The highest BCUT2D eigenvalue weighted by Crippen LogP contribution is 2.22. The van der Waals surface area contributed by atoms with Gasteiger partial charge in [0.05, 0.1) is 6.10 Å². The van der Waals surface area contributed by atoms with Gasteiger partial charge in [-0.05, 0) is 31.2 Å². The number of nitrogens with zero attached hydrogens (tertiary/aromatic N) is 3. The summed E-state index contributed by atoms with van der Waals surface area (Å²) in [4.78, 5) is 17.5. The van der Waals surface area contributed by atoms with Gasteiger partial charge in [0.2, 0.25) is 0 Å². The molecule has 1 aromatic carbocycles. The van der Waals surface area contributed by atoms with E-state index in [1.807, 2.05) is 0 Å². The van der Waals surface area contributed by atoms with Crippen LogP contribution >= 0.6 is 0 Å². The summed E-state index contributed by atoms with van der Waals surface area (Å²) in [6.07, 6.45) is -0.596. The summed E-state index contributed by atoms with van der Waals surface area (Å²) in [7, 11) is 0. The highest BCUT2D eigenvalue weighted by Gasteiger charge is 2.14. The van der Waals surface area contributed by atoms with Gasteiger partial charge in [0.25, 0.3) is 0 Å². The Morgan fingerprint density at radius 2 is 2.30 bits per heavy atom. The van der Waals surface area contributed by atoms with Gasteiger partial charge in [0.1, 0.15) is 17.9 Å². The van der Waals surface area contributed by atoms with E-state index in [-0.39, 0.29) is 12.2 Å². The molecule has 0 amide bonds. The quantitative estimate of drug-likeness (QED) is 0.640. The number of ether oxygens (including phenoxy) is 1. The van der Waals surface area contributed by atoms with E-state index < -0.39 is 12.1 Å². The zero-order chi connectivity index (χ0) is 14.7. The lowest BCUT2D eigenvalue weighted by Crippen LogP contribution is -2.21. The second-order valence-corrected chi connectivity index (χ2v) is 4.41. The van der Waals surface area contributed by atoms with Crippen LogP contribution in [0.15, 0.2) is 30.4 Å². The maximum Gasteiger partial charge on any atom is 0.360 e. The van der Waals surface area contributed by atoms with E-state index in [1.165, 1.54) is 0 Å². The maximum absolute atomic E-state index is 11.5. The largest absolute Gasteiger partial charge is 0.488 e. The Kier molecular flexibility index (Phi) is 3.99. The molecule has 20 heavy (non-hydrogen) atoms. The van der Waals surface area contributed by atoms with E-state index in [1.54, 1.807) is 32.0 Å². The van der Waals surface area contributed by atoms with E-state index in [2.05, 4.69) is 16.9 Å². The van der Waals surface area contributed by atoms with Crippen molar-refractivity contribution in [2.24, 2.45) is 0 Å². The fourth-order valence-electron chi connectivity index (χ4n) is 1.45. The maximum atomic E-state index is 11.5. The first-order valence-corrected chi connectivity index (χ1v) is 6.02. The summed E-state index contributed by atoms with van der Waals surface area (Å²) < 4.78 is 5.42. The third-order valence-electron chi connectivity index (χ3n) is 2.41. The molecule has 0 bridgehead atoms. The molecule has 0 saturated heterocycles. The van der Waals surface area contributed by atoms with Gasteiger partial charge < -0.3 is 14.7 Å². The van der Waals surface area contributed by atoms with Gasteiger partial charge in [-0.3, -0.25) is 0 Å². The van der Waals surface area contributed by atoms with E-state index in [0.29, 0.717) is 16.8 Å². The predicted octanol–water partition coefficient (Wildman–Crippen LogP) is 0.722. The normalized spacial score (nSPS) is 12.2. The molecule has 1 heterocycles. The second-order valence-electron chi connectivity index (χ2n) is 4.41. The number of aliphatic hydroxyl groups is 1. The number of hydrogen-bond acceptors (Lipinski definition) is 6. The molecule has 0 radical (unpaired) electrons. The van der Waals surface area contributed by atoms with Crippen LogP contribution in [-0.4, -0.2) is 38.9 Å². The molecule has 0 saturated carbocycles. The molecule has 7 nitrogen and oxygen atoms in total. The molecule has 0 aliphatic heterocycles. The van der Waals surface area contributed by atoms with Gasteiger partial charge >= 0.3 is 5.97 Å². The Hall–Kier alpha value is -2.41. The molecule has 1 unspecified atom stereocenters. The van der Waals surface area contributed by atoms with E-state index in [4.69, 9.17) is 9.57 Å². The summed E-state index contributed by atoms with van der Waals surface area (Å²) in [5, 5.41) is 16.9. The minimum absolute atomic E-state index is 0.136. The zero-order valence-electron chi connectivity index (χ0n) is 11.2. The number of benzene rings is 1. The first-order chi connectivity index (χ1) is 9.49. The zero-order valence-corrected chi connectivity index (χ0v) is 11.2. The minimum Gasteiger partial charge on any atom is -0.488 e. The smallest absolute Gasteiger partial charge is 0.360 e. The number of fused-ring (bicyclic) bond motifs is 1. The average Bonchev–Trinajstić information content (AvgIpc) is 2.80. The number of hydrogen-bond donors (Lipinski definition) is 1. The Morgan fingerprint density at radius 1 is 1.55 bits per heavy atom. The molecule has 2 aromatic rings. The van der Waals surface area contributed by atoms with Crippen molar-refractivity contribution in [2.45, 2.75) is 20.0 Å². The molecule has 0 aliphatic carbocycles. The van der Waals surface area contributed by atoms with Crippen LogP contribution in [0.25, 0.3) is 11.0 Å². The van der Waals surface area contributed by atoms with Gasteiger partial charge in [-0.15, -0.1) is 5.10 Å².